The molecule has 0 saturated heterocycles. The van der Waals surface area contributed by atoms with Crippen molar-refractivity contribution in [3.63, 3.8) is 0 Å². The predicted octanol–water partition coefficient (Wildman–Crippen LogP) is 2.25. The molecule has 1 aromatic rings. The zero-order chi connectivity index (χ0) is 17.1. The molecule has 0 aliphatic heterocycles. The Hall–Kier alpha value is -1.23. The smallest absolute Gasteiger partial charge is 0.263 e. The summed E-state index contributed by atoms with van der Waals surface area (Å²) in [4.78, 5) is 0. The quantitative estimate of drug-likeness (QED) is 0.710. The van der Waals surface area contributed by atoms with Crippen molar-refractivity contribution in [3.8, 4) is 0 Å². The second-order valence-corrected chi connectivity index (χ2v) is 6.85. The normalized spacial score (nSPS) is 13.5. The fraction of sp³-hybridized carbons (Fsp3) is 0.727. The molecular weight excluding hydrogens is 333 g/mol. The lowest BCUT2D eigenvalue weighted by atomic mass is 10.4. The second kappa shape index (κ2) is 6.90. The number of halogens is 5. The number of rotatable bonds is 7. The summed E-state index contributed by atoms with van der Waals surface area (Å²) >= 11 is 0. The van der Waals surface area contributed by atoms with E-state index in [0.29, 0.717) is 8.99 Å². The fourth-order valence-electron chi connectivity index (χ4n) is 1.80. The summed E-state index contributed by atoms with van der Waals surface area (Å²) < 4.78 is 86.8. The van der Waals surface area contributed by atoms with Gasteiger partial charge in [-0.25, -0.2) is 17.2 Å². The molecule has 0 radical (unpaired) electrons. The van der Waals surface area contributed by atoms with E-state index in [-0.39, 0.29) is 5.69 Å². The van der Waals surface area contributed by atoms with Crippen LogP contribution in [-0.4, -0.2) is 47.7 Å². The first-order chi connectivity index (χ1) is 9.90. The van der Waals surface area contributed by atoms with Crippen LogP contribution < -0.4 is 0 Å². The van der Waals surface area contributed by atoms with E-state index in [1.54, 1.807) is 0 Å². The van der Waals surface area contributed by atoms with Crippen molar-refractivity contribution in [1.29, 1.82) is 0 Å². The predicted molar refractivity (Wildman–Crippen MR) is 68.8 cm³/mol. The lowest BCUT2D eigenvalue weighted by molar-refractivity contribution is -0.142. The summed E-state index contributed by atoms with van der Waals surface area (Å²) in [6, 6.07) is 0.417. The molecule has 1 aromatic heterocycles. The van der Waals surface area contributed by atoms with E-state index < -0.39 is 47.5 Å². The maximum Gasteiger partial charge on any atom is 0.408 e. The zero-order valence-corrected chi connectivity index (χ0v) is 12.7. The summed E-state index contributed by atoms with van der Waals surface area (Å²) in [5.74, 6) is -0.733. The van der Waals surface area contributed by atoms with Crippen LogP contribution >= 0.6 is 0 Å². The Morgan fingerprint density at radius 2 is 1.91 bits per heavy atom. The molecule has 0 aliphatic rings. The molecule has 0 amide bonds. The summed E-state index contributed by atoms with van der Waals surface area (Å²) in [5.41, 5.74) is -0.135. The van der Waals surface area contributed by atoms with Crippen LogP contribution in [0.15, 0.2) is 12.3 Å². The summed E-state index contributed by atoms with van der Waals surface area (Å²) in [5, 5.41) is 3.51. The molecule has 0 aliphatic carbocycles. The maximum atomic E-state index is 12.5. The first kappa shape index (κ1) is 18.8. The Morgan fingerprint density at radius 1 is 1.32 bits per heavy atom. The van der Waals surface area contributed by atoms with Gasteiger partial charge in [-0.3, -0.25) is 4.68 Å². The second-order valence-electron chi connectivity index (χ2n) is 4.93. The number of aromatic nitrogens is 2. The van der Waals surface area contributed by atoms with Gasteiger partial charge in [-0.05, 0) is 19.9 Å². The van der Waals surface area contributed by atoms with Crippen LogP contribution in [0.1, 0.15) is 19.5 Å². The monoisotopic (exact) mass is 349 g/mol. The van der Waals surface area contributed by atoms with Crippen molar-refractivity contribution in [2.45, 2.75) is 44.8 Å². The zero-order valence-electron chi connectivity index (χ0n) is 11.9. The van der Waals surface area contributed by atoms with Crippen molar-refractivity contribution in [2.24, 2.45) is 0 Å². The van der Waals surface area contributed by atoms with Crippen LogP contribution in [0.5, 0.6) is 0 Å². The third-order valence-corrected chi connectivity index (χ3v) is 4.56. The van der Waals surface area contributed by atoms with Crippen molar-refractivity contribution >= 4 is 10.0 Å². The summed E-state index contributed by atoms with van der Waals surface area (Å²) in [7, 11) is -4.10. The Bertz CT molecular complexity index is 583. The van der Waals surface area contributed by atoms with E-state index in [0.717, 1.165) is 12.3 Å². The Labute approximate surface area is 124 Å². The van der Waals surface area contributed by atoms with Crippen LogP contribution in [0.25, 0.3) is 0 Å². The molecule has 0 saturated carbocycles. The molecule has 1 heterocycles. The number of hydrogen-bond donors (Lipinski definition) is 0. The Balaban J connectivity index is 2.87. The molecule has 11 heteroatoms. The first-order valence-electron chi connectivity index (χ1n) is 6.27. The highest BCUT2D eigenvalue weighted by Crippen LogP contribution is 2.18. The number of alkyl halides is 5. The van der Waals surface area contributed by atoms with Crippen LogP contribution in [0, 0.1) is 0 Å². The van der Waals surface area contributed by atoms with Crippen LogP contribution in [0.4, 0.5) is 22.0 Å². The Kier molecular flexibility index (Phi) is 5.90. The molecule has 0 aromatic carbocycles. The number of hydrogen-bond acceptors (Lipinski definition) is 3. The number of sulfonamides is 1. The van der Waals surface area contributed by atoms with Gasteiger partial charge in [0.2, 0.25) is 10.0 Å². The van der Waals surface area contributed by atoms with Gasteiger partial charge in [-0.1, -0.05) is 0 Å². The van der Waals surface area contributed by atoms with Crippen LogP contribution in [0.3, 0.4) is 0 Å². The third kappa shape index (κ3) is 5.87. The van der Waals surface area contributed by atoms with E-state index in [2.05, 4.69) is 5.10 Å². The molecule has 0 bridgehead atoms. The molecule has 0 N–H and O–H groups in total. The van der Waals surface area contributed by atoms with Gasteiger partial charge in [-0.2, -0.15) is 22.6 Å². The SMILES string of the molecule is CC(C)N(CC(F)F)S(=O)(=O)Cc1ccn(CC(F)(F)F)n1. The van der Waals surface area contributed by atoms with Crippen molar-refractivity contribution in [2.75, 3.05) is 6.54 Å². The van der Waals surface area contributed by atoms with E-state index >= 15 is 0 Å². The van der Waals surface area contributed by atoms with Crippen LogP contribution in [-0.2, 0) is 22.3 Å². The maximum absolute atomic E-state index is 12.5. The van der Waals surface area contributed by atoms with Crippen molar-refractivity contribution < 1.29 is 30.4 Å². The highest BCUT2D eigenvalue weighted by atomic mass is 32.2. The average molecular weight is 349 g/mol. The van der Waals surface area contributed by atoms with Gasteiger partial charge in [0.15, 0.2) is 0 Å². The largest absolute Gasteiger partial charge is 0.408 e. The molecule has 1 rings (SSSR count). The Morgan fingerprint density at radius 3 is 2.36 bits per heavy atom. The molecular formula is C11H16F5N3O2S. The first-order valence-corrected chi connectivity index (χ1v) is 7.88. The van der Waals surface area contributed by atoms with Crippen LogP contribution in [0.2, 0.25) is 0 Å². The van der Waals surface area contributed by atoms with Gasteiger partial charge in [0.1, 0.15) is 12.3 Å². The molecule has 5 nitrogen and oxygen atoms in total. The van der Waals surface area contributed by atoms with Crippen molar-refractivity contribution in [1.82, 2.24) is 14.1 Å². The lowest BCUT2D eigenvalue weighted by Crippen LogP contribution is -2.40. The highest BCUT2D eigenvalue weighted by molar-refractivity contribution is 7.88. The minimum atomic E-state index is -4.48. The van der Waals surface area contributed by atoms with E-state index in [1.165, 1.54) is 13.8 Å². The van der Waals surface area contributed by atoms with Gasteiger partial charge < -0.3 is 0 Å². The number of nitrogens with zero attached hydrogens (tertiary/aromatic N) is 3. The topological polar surface area (TPSA) is 55.2 Å². The molecule has 128 valence electrons. The minimum Gasteiger partial charge on any atom is -0.263 e. The third-order valence-electron chi connectivity index (χ3n) is 2.62. The molecule has 0 unspecified atom stereocenters. The van der Waals surface area contributed by atoms with E-state index in [4.69, 9.17) is 0 Å². The van der Waals surface area contributed by atoms with Gasteiger partial charge >= 0.3 is 6.18 Å². The van der Waals surface area contributed by atoms with E-state index in [1.807, 2.05) is 0 Å². The van der Waals surface area contributed by atoms with Gasteiger partial charge in [-0.15, -0.1) is 0 Å². The fourth-order valence-corrected chi connectivity index (χ4v) is 3.48. The molecule has 22 heavy (non-hydrogen) atoms. The standard InChI is InChI=1S/C11H16F5N3O2S/c1-8(2)19(5-10(12)13)22(20,21)6-9-3-4-18(17-9)7-11(14,15)16/h3-4,8,10H,5-7H2,1-2H3. The molecule has 0 spiro atoms. The van der Waals surface area contributed by atoms with Gasteiger partial charge in [0.25, 0.3) is 6.43 Å². The van der Waals surface area contributed by atoms with Gasteiger partial charge in [0, 0.05) is 12.2 Å². The average Bonchev–Trinajstić information content (AvgIpc) is 2.69. The molecule has 0 fully saturated rings. The minimum absolute atomic E-state index is 0.135. The summed E-state index contributed by atoms with van der Waals surface area (Å²) in [6.45, 7) is 0.547. The van der Waals surface area contributed by atoms with Crippen molar-refractivity contribution in [3.05, 3.63) is 18.0 Å². The lowest BCUT2D eigenvalue weighted by Gasteiger charge is -2.25. The molecule has 0 atom stereocenters. The summed E-state index contributed by atoms with van der Waals surface area (Å²) in [6.07, 6.45) is -6.34. The van der Waals surface area contributed by atoms with E-state index in [9.17, 15) is 30.4 Å². The highest BCUT2D eigenvalue weighted by Gasteiger charge is 2.30. The van der Waals surface area contributed by atoms with Gasteiger partial charge in [0.05, 0.1) is 12.2 Å².